The Labute approximate surface area is 111 Å². The lowest BCUT2D eigenvalue weighted by Crippen LogP contribution is -2.05. The quantitative estimate of drug-likeness (QED) is 0.357. The summed E-state index contributed by atoms with van der Waals surface area (Å²) in [6, 6.07) is 0. The zero-order valence-electron chi connectivity index (χ0n) is 11.7. The van der Waals surface area contributed by atoms with Crippen molar-refractivity contribution in [2.24, 2.45) is 17.8 Å². The van der Waals surface area contributed by atoms with Crippen LogP contribution in [0.1, 0.15) is 47.5 Å². The van der Waals surface area contributed by atoms with Crippen molar-refractivity contribution in [2.75, 3.05) is 0 Å². The number of halogens is 1. The molecule has 2 atom stereocenters. The Balaban J connectivity index is 4.05. The second-order valence-corrected chi connectivity index (χ2v) is 5.70. The summed E-state index contributed by atoms with van der Waals surface area (Å²) in [6.07, 6.45) is 8.02. The third kappa shape index (κ3) is 9.17. The summed E-state index contributed by atoms with van der Waals surface area (Å²) >= 11 is 5.28. The summed E-state index contributed by atoms with van der Waals surface area (Å²) in [5, 5.41) is -0.409. The average molecular weight is 257 g/mol. The van der Waals surface area contributed by atoms with Crippen LogP contribution >= 0.6 is 11.6 Å². The van der Waals surface area contributed by atoms with Crippen LogP contribution in [0.2, 0.25) is 0 Å². The van der Waals surface area contributed by atoms with Crippen molar-refractivity contribution >= 4 is 16.8 Å². The van der Waals surface area contributed by atoms with Crippen LogP contribution in [0.5, 0.6) is 0 Å². The Morgan fingerprint density at radius 1 is 1.18 bits per heavy atom. The van der Waals surface area contributed by atoms with Gasteiger partial charge in [0.15, 0.2) is 0 Å². The highest BCUT2D eigenvalue weighted by Gasteiger charge is 2.08. The van der Waals surface area contributed by atoms with Gasteiger partial charge in [-0.3, -0.25) is 4.79 Å². The largest absolute Gasteiger partial charge is 0.276 e. The standard InChI is InChI=1S/C15H25ClO/c1-11(2)14(5)9-8-12(3)6-7-13(4)10-15(16)17/h6-7,10-12,14H,8-9H2,1-5H3. The normalized spacial score (nSPS) is 16.5. The van der Waals surface area contributed by atoms with Crippen molar-refractivity contribution in [3.63, 3.8) is 0 Å². The molecule has 2 unspecified atom stereocenters. The van der Waals surface area contributed by atoms with E-state index in [9.17, 15) is 4.79 Å². The Bertz CT molecular complexity index is 289. The van der Waals surface area contributed by atoms with Gasteiger partial charge in [0.25, 0.3) is 0 Å². The second-order valence-electron chi connectivity index (χ2n) is 5.33. The molecule has 0 saturated carbocycles. The van der Waals surface area contributed by atoms with E-state index in [1.807, 2.05) is 13.0 Å². The molecule has 0 aliphatic heterocycles. The molecule has 17 heavy (non-hydrogen) atoms. The highest BCUT2D eigenvalue weighted by atomic mass is 35.5. The van der Waals surface area contributed by atoms with Gasteiger partial charge >= 0.3 is 0 Å². The number of hydrogen-bond donors (Lipinski definition) is 0. The first-order chi connectivity index (χ1) is 7.82. The van der Waals surface area contributed by atoms with Gasteiger partial charge in [0.05, 0.1) is 0 Å². The molecule has 0 aliphatic carbocycles. The molecule has 1 nitrogen and oxygen atoms in total. The van der Waals surface area contributed by atoms with E-state index in [2.05, 4.69) is 33.8 Å². The first-order valence-electron chi connectivity index (χ1n) is 6.39. The van der Waals surface area contributed by atoms with E-state index >= 15 is 0 Å². The van der Waals surface area contributed by atoms with Crippen molar-refractivity contribution < 1.29 is 4.79 Å². The minimum Gasteiger partial charge on any atom is -0.276 e. The number of carbonyl (C=O) groups is 1. The van der Waals surface area contributed by atoms with Crippen molar-refractivity contribution in [3.05, 3.63) is 23.8 Å². The minimum absolute atomic E-state index is 0.409. The fourth-order valence-electron chi connectivity index (χ4n) is 1.50. The van der Waals surface area contributed by atoms with Gasteiger partial charge < -0.3 is 0 Å². The van der Waals surface area contributed by atoms with Gasteiger partial charge in [-0.1, -0.05) is 39.8 Å². The first-order valence-corrected chi connectivity index (χ1v) is 6.76. The van der Waals surface area contributed by atoms with Crippen LogP contribution in [0.4, 0.5) is 0 Å². The summed E-state index contributed by atoms with van der Waals surface area (Å²) in [6.45, 7) is 10.9. The van der Waals surface area contributed by atoms with E-state index in [1.54, 1.807) is 0 Å². The lowest BCUT2D eigenvalue weighted by molar-refractivity contribution is -0.107. The van der Waals surface area contributed by atoms with Crippen molar-refractivity contribution in [1.29, 1.82) is 0 Å². The van der Waals surface area contributed by atoms with E-state index in [0.29, 0.717) is 5.92 Å². The molecular formula is C15H25ClO. The SMILES string of the molecule is CC(C=CC(C)CCC(C)C(C)C)=CC(=O)Cl. The highest BCUT2D eigenvalue weighted by molar-refractivity contribution is 6.66. The van der Waals surface area contributed by atoms with Gasteiger partial charge in [-0.25, -0.2) is 0 Å². The summed E-state index contributed by atoms with van der Waals surface area (Å²) in [5.41, 5.74) is 0.911. The molecule has 0 spiro atoms. The molecule has 0 aliphatic rings. The lowest BCUT2D eigenvalue weighted by atomic mass is 9.90. The van der Waals surface area contributed by atoms with E-state index in [0.717, 1.165) is 17.4 Å². The maximum absolute atomic E-state index is 10.6. The molecule has 0 amide bonds. The summed E-state index contributed by atoms with van der Waals surface area (Å²) < 4.78 is 0. The van der Waals surface area contributed by atoms with Gasteiger partial charge in [0, 0.05) is 6.08 Å². The molecule has 98 valence electrons. The van der Waals surface area contributed by atoms with Gasteiger partial charge in [-0.15, -0.1) is 0 Å². The van der Waals surface area contributed by atoms with Crippen LogP contribution in [0, 0.1) is 17.8 Å². The van der Waals surface area contributed by atoms with Crippen LogP contribution < -0.4 is 0 Å². The molecular weight excluding hydrogens is 232 g/mol. The fraction of sp³-hybridized carbons (Fsp3) is 0.667. The monoisotopic (exact) mass is 256 g/mol. The smallest absolute Gasteiger partial charge is 0.245 e. The molecule has 0 fully saturated rings. The van der Waals surface area contributed by atoms with Crippen LogP contribution in [0.25, 0.3) is 0 Å². The Morgan fingerprint density at radius 2 is 1.76 bits per heavy atom. The van der Waals surface area contributed by atoms with E-state index in [-0.39, 0.29) is 0 Å². The minimum atomic E-state index is -0.409. The second kappa shape index (κ2) is 8.52. The van der Waals surface area contributed by atoms with E-state index in [4.69, 9.17) is 11.6 Å². The summed E-state index contributed by atoms with van der Waals surface area (Å²) in [5.74, 6) is 2.07. The number of rotatable bonds is 7. The molecule has 0 radical (unpaired) electrons. The molecule has 0 aromatic carbocycles. The Kier molecular flexibility index (Phi) is 8.24. The molecule has 0 heterocycles. The highest BCUT2D eigenvalue weighted by Crippen LogP contribution is 2.20. The van der Waals surface area contributed by atoms with Gasteiger partial charge in [0.2, 0.25) is 5.24 Å². The van der Waals surface area contributed by atoms with E-state index in [1.165, 1.54) is 18.9 Å². The molecule has 0 rings (SSSR count). The zero-order valence-corrected chi connectivity index (χ0v) is 12.4. The number of hydrogen-bond acceptors (Lipinski definition) is 1. The molecule has 2 heteroatoms. The van der Waals surface area contributed by atoms with Crippen molar-refractivity contribution in [2.45, 2.75) is 47.5 Å². The van der Waals surface area contributed by atoms with Crippen LogP contribution in [-0.4, -0.2) is 5.24 Å². The maximum Gasteiger partial charge on any atom is 0.245 e. The zero-order chi connectivity index (χ0) is 13.4. The maximum atomic E-state index is 10.6. The van der Waals surface area contributed by atoms with Crippen LogP contribution in [0.3, 0.4) is 0 Å². The molecule has 0 aromatic heterocycles. The predicted molar refractivity (Wildman–Crippen MR) is 76.2 cm³/mol. The molecule has 0 bridgehead atoms. The van der Waals surface area contributed by atoms with Crippen LogP contribution in [0.15, 0.2) is 23.8 Å². The predicted octanol–water partition coefficient (Wildman–Crippen LogP) is 4.96. The third-order valence-electron chi connectivity index (χ3n) is 3.24. The summed E-state index contributed by atoms with van der Waals surface area (Å²) in [4.78, 5) is 10.6. The van der Waals surface area contributed by atoms with Gasteiger partial charge in [0.1, 0.15) is 0 Å². The number of allylic oxidation sites excluding steroid dienone is 4. The Morgan fingerprint density at radius 3 is 2.24 bits per heavy atom. The summed E-state index contributed by atoms with van der Waals surface area (Å²) in [7, 11) is 0. The van der Waals surface area contributed by atoms with Crippen molar-refractivity contribution in [1.82, 2.24) is 0 Å². The van der Waals surface area contributed by atoms with Gasteiger partial charge in [-0.05, 0) is 54.7 Å². The third-order valence-corrected chi connectivity index (χ3v) is 3.35. The first kappa shape index (κ1) is 16.4. The Hall–Kier alpha value is -0.560. The van der Waals surface area contributed by atoms with Crippen molar-refractivity contribution in [3.8, 4) is 0 Å². The number of carbonyl (C=O) groups excluding carboxylic acids is 1. The molecule has 0 saturated heterocycles. The van der Waals surface area contributed by atoms with Crippen LogP contribution in [-0.2, 0) is 4.79 Å². The average Bonchev–Trinajstić information content (AvgIpc) is 2.21. The lowest BCUT2D eigenvalue weighted by Gasteiger charge is -2.16. The van der Waals surface area contributed by atoms with Gasteiger partial charge in [-0.2, -0.15) is 0 Å². The molecule has 0 N–H and O–H groups in total. The van der Waals surface area contributed by atoms with E-state index < -0.39 is 5.24 Å². The molecule has 0 aromatic rings. The fourth-order valence-corrected chi connectivity index (χ4v) is 1.67. The topological polar surface area (TPSA) is 17.1 Å².